The number of ether oxygens (including phenoxy) is 1. The first kappa shape index (κ1) is 16.1. The average Bonchev–Trinajstić information content (AvgIpc) is 3.41. The van der Waals surface area contributed by atoms with Crippen LogP contribution in [0, 0.1) is 5.41 Å². The second-order valence-corrected chi connectivity index (χ2v) is 6.81. The topological polar surface area (TPSA) is 75.8 Å². The lowest BCUT2D eigenvalue weighted by molar-refractivity contribution is -0.168. The molecule has 0 radical (unpaired) electrons. The second-order valence-electron chi connectivity index (χ2n) is 6.81. The minimum Gasteiger partial charge on any atom is -0.462 e. The van der Waals surface area contributed by atoms with Crippen LogP contribution in [0.3, 0.4) is 0 Å². The number of carbonyl (C=O) groups excluding carboxylic acids is 1. The molecule has 0 aromatic carbocycles. The Kier molecular flexibility index (Phi) is 4.44. The van der Waals surface area contributed by atoms with Crippen molar-refractivity contribution in [3.05, 3.63) is 0 Å². The Morgan fingerprint density at radius 1 is 1.05 bits per heavy atom. The molecule has 0 atom stereocenters. The lowest BCUT2D eigenvalue weighted by Gasteiger charge is -2.36. The van der Waals surface area contributed by atoms with E-state index in [0.29, 0.717) is 13.0 Å². The molecule has 3 saturated heterocycles. The quantitative estimate of drug-likeness (QED) is 0.378. The molecule has 3 rings (SSSR count). The monoisotopic (exact) mass is 313 g/mol. The zero-order chi connectivity index (χ0) is 15.8. The summed E-state index contributed by atoms with van der Waals surface area (Å²) in [5.41, 5.74) is -1.39. The SMILES string of the molecule is CCC(CO)(CO)COC(=O)C(CN1CC1)(N1CC1)N1CC1. The second kappa shape index (κ2) is 6.05. The molecule has 126 valence electrons. The molecule has 0 aliphatic carbocycles. The molecule has 7 nitrogen and oxygen atoms in total. The number of aliphatic hydroxyl groups is 2. The Morgan fingerprint density at radius 2 is 1.59 bits per heavy atom. The van der Waals surface area contributed by atoms with Crippen molar-refractivity contribution >= 4 is 5.97 Å². The first-order valence-corrected chi connectivity index (χ1v) is 8.22. The molecule has 3 aliphatic heterocycles. The lowest BCUT2D eigenvalue weighted by atomic mass is 9.88. The van der Waals surface area contributed by atoms with Gasteiger partial charge in [0.15, 0.2) is 5.66 Å². The van der Waals surface area contributed by atoms with E-state index >= 15 is 0 Å². The molecular weight excluding hydrogens is 286 g/mol. The van der Waals surface area contributed by atoms with E-state index in [9.17, 15) is 15.0 Å². The molecule has 7 heteroatoms. The van der Waals surface area contributed by atoms with Gasteiger partial charge in [0.1, 0.15) is 6.61 Å². The molecule has 2 N–H and O–H groups in total. The minimum atomic E-state index is -0.737. The number of carbonyl (C=O) groups is 1. The van der Waals surface area contributed by atoms with E-state index in [1.54, 1.807) is 0 Å². The maximum Gasteiger partial charge on any atom is 0.343 e. The molecule has 0 saturated carbocycles. The van der Waals surface area contributed by atoms with Crippen LogP contribution in [0.5, 0.6) is 0 Å². The van der Waals surface area contributed by atoms with Crippen LogP contribution in [0.2, 0.25) is 0 Å². The average molecular weight is 313 g/mol. The van der Waals surface area contributed by atoms with E-state index in [0.717, 1.165) is 39.3 Å². The summed E-state index contributed by atoms with van der Waals surface area (Å²) in [4.78, 5) is 19.5. The van der Waals surface area contributed by atoms with Crippen molar-refractivity contribution in [3.8, 4) is 0 Å². The number of esters is 1. The molecule has 22 heavy (non-hydrogen) atoms. The van der Waals surface area contributed by atoms with Crippen LogP contribution in [0.4, 0.5) is 0 Å². The normalized spacial score (nSPS) is 22.7. The van der Waals surface area contributed by atoms with Crippen LogP contribution < -0.4 is 0 Å². The largest absolute Gasteiger partial charge is 0.462 e. The number of hydrogen-bond acceptors (Lipinski definition) is 7. The summed E-state index contributed by atoms with van der Waals surface area (Å²) in [6.07, 6.45) is 0.569. The van der Waals surface area contributed by atoms with Crippen molar-refractivity contribution in [1.29, 1.82) is 0 Å². The zero-order valence-corrected chi connectivity index (χ0v) is 13.3. The molecular formula is C15H27N3O4. The smallest absolute Gasteiger partial charge is 0.343 e. The van der Waals surface area contributed by atoms with Gasteiger partial charge < -0.3 is 14.9 Å². The Morgan fingerprint density at radius 3 is 1.95 bits per heavy atom. The third-order valence-electron chi connectivity index (χ3n) is 5.18. The van der Waals surface area contributed by atoms with Gasteiger partial charge in [-0.25, -0.2) is 4.79 Å². The van der Waals surface area contributed by atoms with Crippen molar-refractivity contribution in [3.63, 3.8) is 0 Å². The van der Waals surface area contributed by atoms with Gasteiger partial charge in [-0.3, -0.25) is 14.7 Å². The van der Waals surface area contributed by atoms with Crippen LogP contribution >= 0.6 is 0 Å². The number of rotatable bonds is 10. The van der Waals surface area contributed by atoms with Gasteiger partial charge in [-0.15, -0.1) is 0 Å². The molecule has 3 heterocycles. The number of nitrogens with zero attached hydrogens (tertiary/aromatic N) is 3. The van der Waals surface area contributed by atoms with Crippen LogP contribution in [0.25, 0.3) is 0 Å². The van der Waals surface area contributed by atoms with Crippen molar-refractivity contribution < 1.29 is 19.7 Å². The Hall–Kier alpha value is -0.730. The highest BCUT2D eigenvalue weighted by Crippen LogP contribution is 2.36. The fourth-order valence-electron chi connectivity index (χ4n) is 2.90. The number of aliphatic hydroxyl groups excluding tert-OH is 2. The summed E-state index contributed by atoms with van der Waals surface area (Å²) in [6, 6.07) is 0. The van der Waals surface area contributed by atoms with Crippen molar-refractivity contribution in [2.45, 2.75) is 19.0 Å². The van der Waals surface area contributed by atoms with Crippen LogP contribution in [0.15, 0.2) is 0 Å². The fraction of sp³-hybridized carbons (Fsp3) is 0.933. The van der Waals surface area contributed by atoms with Crippen LogP contribution in [-0.4, -0.2) is 102 Å². The van der Waals surface area contributed by atoms with Gasteiger partial charge in [-0.05, 0) is 6.42 Å². The maximum atomic E-state index is 12.9. The highest BCUT2D eigenvalue weighted by molar-refractivity contribution is 5.82. The van der Waals surface area contributed by atoms with Crippen LogP contribution in [0.1, 0.15) is 13.3 Å². The summed E-state index contributed by atoms with van der Waals surface area (Å²) in [5, 5.41) is 19.0. The fourth-order valence-corrected chi connectivity index (χ4v) is 2.90. The van der Waals surface area contributed by atoms with E-state index in [1.807, 2.05) is 6.92 Å². The summed E-state index contributed by atoms with van der Waals surface area (Å²) in [5.74, 6) is -0.228. The summed E-state index contributed by atoms with van der Waals surface area (Å²) in [6.45, 7) is 8.10. The predicted octanol–water partition coefficient (Wildman–Crippen LogP) is -1.45. The molecule has 0 amide bonds. The van der Waals surface area contributed by atoms with Gasteiger partial charge in [0.2, 0.25) is 0 Å². The van der Waals surface area contributed by atoms with Crippen molar-refractivity contribution in [2.24, 2.45) is 5.41 Å². The van der Waals surface area contributed by atoms with E-state index in [-0.39, 0.29) is 25.8 Å². The summed E-state index contributed by atoms with van der Waals surface area (Å²) >= 11 is 0. The third-order valence-corrected chi connectivity index (χ3v) is 5.18. The predicted molar refractivity (Wildman–Crippen MR) is 80.2 cm³/mol. The third kappa shape index (κ3) is 3.00. The Bertz CT molecular complexity index is 395. The van der Waals surface area contributed by atoms with Crippen LogP contribution in [-0.2, 0) is 9.53 Å². The summed E-state index contributed by atoms with van der Waals surface area (Å²) < 4.78 is 5.61. The molecule has 3 fully saturated rings. The lowest BCUT2D eigenvalue weighted by Crippen LogP contribution is -2.59. The van der Waals surface area contributed by atoms with Gasteiger partial charge in [-0.1, -0.05) is 6.92 Å². The van der Waals surface area contributed by atoms with Gasteiger partial charge in [-0.2, -0.15) is 0 Å². The van der Waals surface area contributed by atoms with Gasteiger partial charge in [0.05, 0.1) is 18.6 Å². The molecule has 0 unspecified atom stereocenters. The Labute approximate surface area is 131 Å². The van der Waals surface area contributed by atoms with Gasteiger partial charge in [0.25, 0.3) is 0 Å². The molecule has 0 aromatic rings. The van der Waals surface area contributed by atoms with Crippen molar-refractivity contribution in [1.82, 2.24) is 14.7 Å². The van der Waals surface area contributed by atoms with Gasteiger partial charge in [0, 0.05) is 45.8 Å². The molecule has 3 aliphatic rings. The first-order chi connectivity index (χ1) is 10.6. The highest BCUT2D eigenvalue weighted by Gasteiger charge is 2.59. The van der Waals surface area contributed by atoms with Crippen molar-refractivity contribution in [2.75, 3.05) is 65.6 Å². The van der Waals surface area contributed by atoms with E-state index in [2.05, 4.69) is 14.7 Å². The highest BCUT2D eigenvalue weighted by atomic mass is 16.5. The van der Waals surface area contributed by atoms with E-state index in [4.69, 9.17) is 4.74 Å². The molecule has 0 spiro atoms. The summed E-state index contributed by atoms with van der Waals surface area (Å²) in [7, 11) is 0. The Balaban J connectivity index is 1.69. The first-order valence-electron chi connectivity index (χ1n) is 8.22. The van der Waals surface area contributed by atoms with E-state index in [1.165, 1.54) is 0 Å². The van der Waals surface area contributed by atoms with Gasteiger partial charge >= 0.3 is 5.97 Å². The zero-order valence-electron chi connectivity index (χ0n) is 13.3. The molecule has 0 bridgehead atoms. The number of hydrogen-bond donors (Lipinski definition) is 2. The van der Waals surface area contributed by atoms with E-state index < -0.39 is 11.1 Å². The molecule has 0 aromatic heterocycles. The standard InChI is InChI=1S/C15H27N3O4/c1-2-14(10-19,11-20)12-22-13(21)15(17-5-6-17,18-7-8-18)9-16-3-4-16/h19-20H,2-12H2,1H3. The maximum absolute atomic E-state index is 12.9. The minimum absolute atomic E-state index is 0.0682.